The number of para-hydroxylation sites is 1. The second-order valence-corrected chi connectivity index (χ2v) is 10.5. The maximum absolute atomic E-state index is 12.2. The van der Waals surface area contributed by atoms with E-state index in [-0.39, 0.29) is 25.0 Å². The molecule has 0 aliphatic carbocycles. The number of hydrogen-bond donors (Lipinski definition) is 1. The van der Waals surface area contributed by atoms with E-state index in [4.69, 9.17) is 25.0 Å². The number of nitrogens with two attached hydrogens (primary N) is 1. The molecule has 3 aromatic carbocycles. The first kappa shape index (κ1) is 27.7. The first-order valence-electron chi connectivity index (χ1n) is 14.3. The fraction of sp³-hybridized carbons (Fsp3) is 0.303. The molecule has 0 spiro atoms. The van der Waals surface area contributed by atoms with E-state index in [1.54, 1.807) is 20.2 Å². The lowest BCUT2D eigenvalue weighted by Gasteiger charge is -2.39. The van der Waals surface area contributed by atoms with Crippen LogP contribution in [0.1, 0.15) is 24.2 Å². The van der Waals surface area contributed by atoms with Crippen molar-refractivity contribution in [1.82, 2.24) is 19.7 Å². The number of fused-ring (bicyclic) bond motifs is 2. The number of rotatable bonds is 11. The van der Waals surface area contributed by atoms with E-state index >= 15 is 0 Å². The molecule has 2 N–H and O–H groups in total. The van der Waals surface area contributed by atoms with Crippen molar-refractivity contribution in [2.24, 2.45) is 0 Å². The lowest BCUT2D eigenvalue weighted by molar-refractivity contribution is -0.142. The number of nitrogen functional groups attached to an aromatic ring is 1. The van der Waals surface area contributed by atoms with Gasteiger partial charge < -0.3 is 19.9 Å². The quantitative estimate of drug-likeness (QED) is 0.223. The monoisotopic (exact) mass is 565 g/mol. The standard InChI is InChI=1S/C33H35N5O4/c1-3-41-32(39)18-25-6-4-5-7-31(25)42-21-29-28-17-24(23-9-8-22-12-13-35-33(34)27(22)16-23)10-11-30(28)38(36-29)26-19-37(20-26)14-15-40-2/h4-13,16-17,26H,3,14-15,18-21H2,1-2H3,(H2,34,35). The van der Waals surface area contributed by atoms with Crippen LogP contribution in [0.15, 0.2) is 72.9 Å². The minimum Gasteiger partial charge on any atom is -0.487 e. The normalized spacial score (nSPS) is 13.9. The van der Waals surface area contributed by atoms with Gasteiger partial charge in [0.25, 0.3) is 0 Å². The van der Waals surface area contributed by atoms with Crippen LogP contribution in [0.3, 0.4) is 0 Å². The summed E-state index contributed by atoms with van der Waals surface area (Å²) in [6.45, 7) is 5.87. The van der Waals surface area contributed by atoms with Gasteiger partial charge in [-0.25, -0.2) is 4.98 Å². The summed E-state index contributed by atoms with van der Waals surface area (Å²) in [6, 6.07) is 22.5. The highest BCUT2D eigenvalue weighted by molar-refractivity contribution is 5.95. The Morgan fingerprint density at radius 3 is 2.62 bits per heavy atom. The number of nitrogens with zero attached hydrogens (tertiary/aromatic N) is 4. The molecular formula is C33H35N5O4. The molecule has 1 aliphatic rings. The average molecular weight is 566 g/mol. The molecule has 5 aromatic rings. The molecule has 9 nitrogen and oxygen atoms in total. The van der Waals surface area contributed by atoms with Crippen LogP contribution in [-0.2, 0) is 27.3 Å². The first-order valence-corrected chi connectivity index (χ1v) is 14.3. The SMILES string of the molecule is CCOC(=O)Cc1ccccc1OCc1nn(C2CN(CCOC)C2)c2ccc(-c3ccc4ccnc(N)c4c3)cc12. The molecule has 1 fully saturated rings. The molecule has 0 radical (unpaired) electrons. The van der Waals surface area contributed by atoms with Crippen LogP contribution in [0, 0.1) is 0 Å². The number of methoxy groups -OCH3 is 1. The van der Waals surface area contributed by atoms with E-state index in [0.29, 0.717) is 24.8 Å². The summed E-state index contributed by atoms with van der Waals surface area (Å²) in [4.78, 5) is 18.8. The van der Waals surface area contributed by atoms with Gasteiger partial charge in [-0.15, -0.1) is 0 Å². The maximum Gasteiger partial charge on any atom is 0.310 e. The smallest absolute Gasteiger partial charge is 0.310 e. The molecule has 0 saturated carbocycles. The van der Waals surface area contributed by atoms with Crippen LogP contribution in [0.4, 0.5) is 5.82 Å². The number of esters is 1. The molecule has 0 unspecified atom stereocenters. The first-order chi connectivity index (χ1) is 20.5. The second-order valence-electron chi connectivity index (χ2n) is 10.5. The van der Waals surface area contributed by atoms with Crippen LogP contribution in [0.25, 0.3) is 32.8 Å². The number of carbonyl (C=O) groups is 1. The highest BCUT2D eigenvalue weighted by Gasteiger charge is 2.30. The summed E-state index contributed by atoms with van der Waals surface area (Å²) in [5.41, 5.74) is 11.0. The predicted octanol–water partition coefficient (Wildman–Crippen LogP) is 5.02. The van der Waals surface area contributed by atoms with Gasteiger partial charge in [-0.05, 0) is 53.8 Å². The van der Waals surface area contributed by atoms with Crippen molar-refractivity contribution in [3.05, 3.63) is 84.2 Å². The van der Waals surface area contributed by atoms with Crippen molar-refractivity contribution in [3.63, 3.8) is 0 Å². The van der Waals surface area contributed by atoms with E-state index in [2.05, 4.69) is 51.0 Å². The fourth-order valence-electron chi connectivity index (χ4n) is 5.54. The predicted molar refractivity (Wildman–Crippen MR) is 163 cm³/mol. The van der Waals surface area contributed by atoms with Gasteiger partial charge in [0.05, 0.1) is 31.2 Å². The van der Waals surface area contributed by atoms with Crippen LogP contribution in [0.2, 0.25) is 0 Å². The molecule has 1 saturated heterocycles. The van der Waals surface area contributed by atoms with Crippen LogP contribution < -0.4 is 10.5 Å². The molecule has 6 rings (SSSR count). The summed E-state index contributed by atoms with van der Waals surface area (Å²) >= 11 is 0. The van der Waals surface area contributed by atoms with Gasteiger partial charge in [-0.2, -0.15) is 5.10 Å². The second kappa shape index (κ2) is 12.2. The molecule has 0 atom stereocenters. The molecule has 2 aromatic heterocycles. The van der Waals surface area contributed by atoms with E-state index in [1.807, 2.05) is 30.3 Å². The van der Waals surface area contributed by atoms with Gasteiger partial charge in [0, 0.05) is 49.3 Å². The zero-order chi connectivity index (χ0) is 29.1. The average Bonchev–Trinajstić information content (AvgIpc) is 3.33. The van der Waals surface area contributed by atoms with Gasteiger partial charge in [0.1, 0.15) is 23.9 Å². The Kier molecular flexibility index (Phi) is 8.03. The summed E-state index contributed by atoms with van der Waals surface area (Å²) in [6.07, 6.45) is 1.88. The zero-order valence-corrected chi connectivity index (χ0v) is 24.0. The number of likely N-dealkylation sites (tertiary alicyclic amines) is 1. The Balaban J connectivity index is 1.33. The Hall–Kier alpha value is -4.47. The van der Waals surface area contributed by atoms with Gasteiger partial charge in [-0.3, -0.25) is 14.4 Å². The number of benzene rings is 3. The van der Waals surface area contributed by atoms with E-state index in [1.165, 1.54) is 0 Å². The molecule has 0 bridgehead atoms. The van der Waals surface area contributed by atoms with Crippen molar-refractivity contribution in [3.8, 4) is 16.9 Å². The van der Waals surface area contributed by atoms with Crippen LogP contribution in [0.5, 0.6) is 5.75 Å². The number of ether oxygens (including phenoxy) is 3. The Morgan fingerprint density at radius 1 is 1.02 bits per heavy atom. The zero-order valence-electron chi connectivity index (χ0n) is 24.0. The third kappa shape index (κ3) is 5.66. The highest BCUT2D eigenvalue weighted by atomic mass is 16.5. The third-order valence-corrected chi connectivity index (χ3v) is 7.79. The third-order valence-electron chi connectivity index (χ3n) is 7.79. The van der Waals surface area contributed by atoms with Gasteiger partial charge in [0.2, 0.25) is 0 Å². The number of carbonyl (C=O) groups excluding carboxylic acids is 1. The minimum atomic E-state index is -0.276. The number of anilines is 1. The molecule has 9 heteroatoms. The molecule has 3 heterocycles. The lowest BCUT2D eigenvalue weighted by atomic mass is 10.00. The van der Waals surface area contributed by atoms with Gasteiger partial charge in [0.15, 0.2) is 0 Å². The maximum atomic E-state index is 12.2. The van der Waals surface area contributed by atoms with Gasteiger partial charge in [-0.1, -0.05) is 36.4 Å². The topological polar surface area (TPSA) is 105 Å². The molecule has 42 heavy (non-hydrogen) atoms. The molecule has 216 valence electrons. The summed E-state index contributed by atoms with van der Waals surface area (Å²) < 4.78 is 18.9. The van der Waals surface area contributed by atoms with Crippen molar-refractivity contribution < 1.29 is 19.0 Å². The van der Waals surface area contributed by atoms with Gasteiger partial charge >= 0.3 is 5.97 Å². The Labute approximate surface area is 244 Å². The fourth-order valence-corrected chi connectivity index (χ4v) is 5.54. The summed E-state index contributed by atoms with van der Waals surface area (Å²) in [5.74, 6) is 0.889. The molecule has 1 aliphatic heterocycles. The van der Waals surface area contributed by atoms with Crippen molar-refractivity contribution in [2.45, 2.75) is 26.0 Å². The number of aromatic nitrogens is 3. The van der Waals surface area contributed by atoms with Crippen molar-refractivity contribution in [1.29, 1.82) is 0 Å². The van der Waals surface area contributed by atoms with Crippen molar-refractivity contribution >= 4 is 33.5 Å². The minimum absolute atomic E-state index is 0.155. The Bertz CT molecular complexity index is 1730. The molecule has 0 amide bonds. The Morgan fingerprint density at radius 2 is 1.81 bits per heavy atom. The number of hydrogen-bond acceptors (Lipinski definition) is 8. The van der Waals surface area contributed by atoms with Crippen LogP contribution in [-0.4, -0.2) is 65.6 Å². The largest absolute Gasteiger partial charge is 0.487 e. The van der Waals surface area contributed by atoms with Crippen LogP contribution >= 0.6 is 0 Å². The lowest BCUT2D eigenvalue weighted by Crippen LogP contribution is -2.49. The van der Waals surface area contributed by atoms with E-state index < -0.39 is 0 Å². The van der Waals surface area contributed by atoms with E-state index in [0.717, 1.165) is 63.7 Å². The van der Waals surface area contributed by atoms with E-state index in [9.17, 15) is 4.79 Å². The summed E-state index contributed by atoms with van der Waals surface area (Å²) in [7, 11) is 1.73. The molecular weight excluding hydrogens is 530 g/mol. The highest BCUT2D eigenvalue weighted by Crippen LogP contribution is 2.33. The van der Waals surface area contributed by atoms with Crippen molar-refractivity contribution in [2.75, 3.05) is 45.7 Å². The summed E-state index contributed by atoms with van der Waals surface area (Å²) in [5, 5.41) is 8.09. The number of pyridine rings is 1.